The minimum absolute atomic E-state index is 0.0241. The number of hydrogen-bond donors (Lipinski definition) is 1. The Balaban J connectivity index is 2.46. The van der Waals surface area contributed by atoms with E-state index in [0.717, 1.165) is 22.8 Å². The molecular formula is C11H7BrF2N2O2. The molecule has 1 aromatic heterocycles. The maximum Gasteiger partial charge on any atom is 0.328 e. The average molecular weight is 317 g/mol. The Labute approximate surface area is 108 Å². The first-order valence-electron chi connectivity index (χ1n) is 4.90. The van der Waals surface area contributed by atoms with Crippen molar-refractivity contribution in [3.8, 4) is 0 Å². The topological polar surface area (TPSA) is 54.9 Å². The highest BCUT2D eigenvalue weighted by Crippen LogP contribution is 2.11. The van der Waals surface area contributed by atoms with Crippen molar-refractivity contribution in [3.63, 3.8) is 0 Å². The van der Waals surface area contributed by atoms with Crippen LogP contribution in [0.1, 0.15) is 5.56 Å². The lowest BCUT2D eigenvalue weighted by atomic mass is 10.2. The van der Waals surface area contributed by atoms with Crippen LogP contribution in [0.2, 0.25) is 0 Å². The van der Waals surface area contributed by atoms with E-state index in [2.05, 4.69) is 20.9 Å². The quantitative estimate of drug-likeness (QED) is 0.915. The molecule has 0 fully saturated rings. The molecular weight excluding hydrogens is 310 g/mol. The Hall–Kier alpha value is -1.76. The molecule has 0 bridgehead atoms. The number of rotatable bonds is 2. The number of hydrogen-bond acceptors (Lipinski definition) is 2. The second-order valence-corrected chi connectivity index (χ2v) is 4.45. The summed E-state index contributed by atoms with van der Waals surface area (Å²) in [5.41, 5.74) is -1.24. The average Bonchev–Trinajstić information content (AvgIpc) is 2.30. The van der Waals surface area contributed by atoms with E-state index in [-0.39, 0.29) is 16.6 Å². The van der Waals surface area contributed by atoms with Crippen LogP contribution in [0.15, 0.2) is 38.5 Å². The van der Waals surface area contributed by atoms with Gasteiger partial charge in [0.15, 0.2) is 0 Å². The van der Waals surface area contributed by atoms with E-state index in [0.29, 0.717) is 0 Å². The van der Waals surface area contributed by atoms with Crippen LogP contribution < -0.4 is 11.2 Å². The van der Waals surface area contributed by atoms with E-state index in [1.54, 1.807) is 0 Å². The zero-order chi connectivity index (χ0) is 13.3. The van der Waals surface area contributed by atoms with Crippen molar-refractivity contribution in [2.75, 3.05) is 0 Å². The number of H-pyrrole nitrogens is 1. The molecule has 2 rings (SSSR count). The molecule has 0 unspecified atom stereocenters. The Morgan fingerprint density at radius 3 is 2.72 bits per heavy atom. The summed E-state index contributed by atoms with van der Waals surface area (Å²) >= 11 is 2.96. The van der Waals surface area contributed by atoms with Crippen molar-refractivity contribution in [2.45, 2.75) is 6.54 Å². The van der Waals surface area contributed by atoms with E-state index in [4.69, 9.17) is 0 Å². The summed E-state index contributed by atoms with van der Waals surface area (Å²) in [5.74, 6) is -1.21. The zero-order valence-corrected chi connectivity index (χ0v) is 10.5. The van der Waals surface area contributed by atoms with Gasteiger partial charge in [-0.05, 0) is 34.1 Å². The molecule has 4 nitrogen and oxygen atoms in total. The summed E-state index contributed by atoms with van der Waals surface area (Å²) in [6.45, 7) is -0.169. The van der Waals surface area contributed by atoms with Gasteiger partial charge in [-0.2, -0.15) is 0 Å². The molecule has 18 heavy (non-hydrogen) atoms. The van der Waals surface area contributed by atoms with Gasteiger partial charge >= 0.3 is 5.69 Å². The lowest BCUT2D eigenvalue weighted by Crippen LogP contribution is -2.30. The van der Waals surface area contributed by atoms with E-state index in [1.807, 2.05) is 0 Å². The van der Waals surface area contributed by atoms with Crippen LogP contribution in [-0.2, 0) is 6.54 Å². The van der Waals surface area contributed by atoms with Gasteiger partial charge in [0, 0.05) is 11.8 Å². The van der Waals surface area contributed by atoms with Crippen LogP contribution in [0.25, 0.3) is 0 Å². The molecule has 0 saturated carbocycles. The van der Waals surface area contributed by atoms with Gasteiger partial charge in [-0.3, -0.25) is 14.3 Å². The van der Waals surface area contributed by atoms with E-state index < -0.39 is 22.9 Å². The van der Waals surface area contributed by atoms with Gasteiger partial charge in [-0.25, -0.2) is 13.6 Å². The lowest BCUT2D eigenvalue weighted by Gasteiger charge is -2.06. The summed E-state index contributed by atoms with van der Waals surface area (Å²) in [4.78, 5) is 24.6. The van der Waals surface area contributed by atoms with Crippen molar-refractivity contribution >= 4 is 15.9 Å². The van der Waals surface area contributed by atoms with Crippen molar-refractivity contribution in [3.05, 3.63) is 66.9 Å². The first kappa shape index (κ1) is 12.7. The molecule has 2 aromatic rings. The predicted octanol–water partition coefficient (Wildman–Crippen LogP) is 1.63. The highest BCUT2D eigenvalue weighted by molar-refractivity contribution is 9.10. The Morgan fingerprint density at radius 2 is 2.00 bits per heavy atom. The maximum absolute atomic E-state index is 13.4. The van der Waals surface area contributed by atoms with E-state index in [9.17, 15) is 18.4 Å². The Bertz CT molecular complexity index is 709. The molecule has 0 amide bonds. The number of aromatic nitrogens is 2. The summed E-state index contributed by atoms with van der Waals surface area (Å²) < 4.78 is 27.6. The van der Waals surface area contributed by atoms with Gasteiger partial charge in [0.1, 0.15) is 11.6 Å². The summed E-state index contributed by atoms with van der Waals surface area (Å²) in [6.07, 6.45) is 1.23. The fourth-order valence-corrected chi connectivity index (χ4v) is 1.79. The number of nitrogens with one attached hydrogen (secondary N) is 1. The third kappa shape index (κ3) is 2.56. The zero-order valence-electron chi connectivity index (χ0n) is 8.91. The predicted molar refractivity (Wildman–Crippen MR) is 64.5 cm³/mol. The highest BCUT2D eigenvalue weighted by Gasteiger charge is 2.07. The molecule has 0 aliphatic carbocycles. The summed E-state index contributed by atoms with van der Waals surface area (Å²) in [7, 11) is 0. The third-order valence-corrected chi connectivity index (χ3v) is 2.88. The van der Waals surface area contributed by atoms with Crippen LogP contribution in [0.3, 0.4) is 0 Å². The molecule has 1 heterocycles. The van der Waals surface area contributed by atoms with Gasteiger partial charge in [-0.1, -0.05) is 0 Å². The second kappa shape index (κ2) is 4.85. The van der Waals surface area contributed by atoms with Crippen molar-refractivity contribution in [1.29, 1.82) is 0 Å². The van der Waals surface area contributed by atoms with E-state index in [1.165, 1.54) is 6.20 Å². The SMILES string of the molecule is O=c1[nH]c(=O)n(Cc2cc(F)ccc2F)cc1Br. The van der Waals surface area contributed by atoms with Crippen LogP contribution in [0.4, 0.5) is 8.78 Å². The van der Waals surface area contributed by atoms with Crippen LogP contribution in [0.5, 0.6) is 0 Å². The molecule has 0 spiro atoms. The maximum atomic E-state index is 13.4. The molecule has 7 heteroatoms. The molecule has 0 aliphatic rings. The Kier molecular flexibility index (Phi) is 3.42. The summed E-state index contributed by atoms with van der Waals surface area (Å²) in [5, 5.41) is 0. The van der Waals surface area contributed by atoms with Crippen molar-refractivity contribution < 1.29 is 8.78 Å². The highest BCUT2D eigenvalue weighted by atomic mass is 79.9. The molecule has 1 aromatic carbocycles. The smallest absolute Gasteiger partial charge is 0.295 e. The first-order chi connectivity index (χ1) is 8.47. The molecule has 0 atom stereocenters. The van der Waals surface area contributed by atoms with Gasteiger partial charge < -0.3 is 0 Å². The molecule has 0 saturated heterocycles. The fourth-order valence-electron chi connectivity index (χ4n) is 1.45. The minimum atomic E-state index is -0.688. The third-order valence-electron chi connectivity index (χ3n) is 2.32. The van der Waals surface area contributed by atoms with Gasteiger partial charge in [0.25, 0.3) is 5.56 Å². The van der Waals surface area contributed by atoms with Crippen LogP contribution >= 0.6 is 15.9 Å². The van der Waals surface area contributed by atoms with E-state index >= 15 is 0 Å². The molecule has 0 radical (unpaired) electrons. The number of nitrogens with zero attached hydrogens (tertiary/aromatic N) is 1. The van der Waals surface area contributed by atoms with Gasteiger partial charge in [-0.15, -0.1) is 0 Å². The van der Waals surface area contributed by atoms with Crippen LogP contribution in [0, 0.1) is 11.6 Å². The van der Waals surface area contributed by atoms with Gasteiger partial charge in [0.05, 0.1) is 11.0 Å². The van der Waals surface area contributed by atoms with Crippen molar-refractivity contribution in [2.24, 2.45) is 0 Å². The van der Waals surface area contributed by atoms with Crippen molar-refractivity contribution in [1.82, 2.24) is 9.55 Å². The molecule has 1 N–H and O–H groups in total. The minimum Gasteiger partial charge on any atom is -0.295 e. The largest absolute Gasteiger partial charge is 0.328 e. The Morgan fingerprint density at radius 1 is 1.28 bits per heavy atom. The standard InChI is InChI=1S/C11H7BrF2N2O2/c12-8-5-16(11(18)15-10(8)17)4-6-3-7(13)1-2-9(6)14/h1-3,5H,4H2,(H,15,17,18). The number of halogens is 3. The van der Waals surface area contributed by atoms with Crippen LogP contribution in [-0.4, -0.2) is 9.55 Å². The fraction of sp³-hybridized carbons (Fsp3) is 0.0909. The molecule has 0 aliphatic heterocycles. The van der Waals surface area contributed by atoms with Gasteiger partial charge in [0.2, 0.25) is 0 Å². The lowest BCUT2D eigenvalue weighted by molar-refractivity contribution is 0.571. The molecule has 94 valence electrons. The first-order valence-corrected chi connectivity index (χ1v) is 5.70. The number of aromatic amines is 1. The normalized spacial score (nSPS) is 10.6. The second-order valence-electron chi connectivity index (χ2n) is 3.60. The number of benzene rings is 1. The monoisotopic (exact) mass is 316 g/mol. The summed E-state index contributed by atoms with van der Waals surface area (Å²) in [6, 6.07) is 2.97.